The van der Waals surface area contributed by atoms with Gasteiger partial charge in [0.1, 0.15) is 11.7 Å². The average molecular weight is 297 g/mol. The molecule has 116 valence electrons. The Morgan fingerprint density at radius 3 is 2.86 bits per heavy atom. The number of carbonyl (C=O) groups excluding carboxylic acids is 1. The monoisotopic (exact) mass is 297 g/mol. The number of halogens is 1. The Morgan fingerprint density at radius 2 is 2.19 bits per heavy atom. The molecule has 0 saturated carbocycles. The molecule has 1 aromatic rings. The number of hydrogen-bond acceptors (Lipinski definition) is 4. The minimum absolute atomic E-state index is 0.190. The molecule has 1 amide bonds. The lowest BCUT2D eigenvalue weighted by molar-refractivity contribution is -0.0444. The van der Waals surface area contributed by atoms with E-state index in [-0.39, 0.29) is 12.1 Å². The van der Waals surface area contributed by atoms with Crippen molar-refractivity contribution in [2.45, 2.75) is 32.5 Å². The highest BCUT2D eigenvalue weighted by atomic mass is 19.1. The first-order chi connectivity index (χ1) is 9.78. The van der Waals surface area contributed by atoms with E-state index in [1.807, 2.05) is 0 Å². The number of ether oxygens (including phenoxy) is 2. The molecule has 0 spiro atoms. The van der Waals surface area contributed by atoms with E-state index in [4.69, 9.17) is 9.47 Å². The molecule has 0 radical (unpaired) electrons. The first kappa shape index (κ1) is 15.6. The van der Waals surface area contributed by atoms with Gasteiger partial charge in [-0.1, -0.05) is 12.1 Å². The molecular formula is C15H20FNO4. The van der Waals surface area contributed by atoms with Crippen molar-refractivity contribution in [2.75, 3.05) is 19.7 Å². The molecule has 2 rings (SSSR count). The van der Waals surface area contributed by atoms with Crippen molar-refractivity contribution >= 4 is 6.09 Å². The topological polar surface area (TPSA) is 59.0 Å². The van der Waals surface area contributed by atoms with Gasteiger partial charge >= 0.3 is 6.09 Å². The fraction of sp³-hybridized carbons (Fsp3) is 0.533. The Hall–Kier alpha value is -1.82. The largest absolute Gasteiger partial charge is 0.505 e. The van der Waals surface area contributed by atoms with Gasteiger partial charge in [0.25, 0.3) is 0 Å². The number of hydrogen-bond donors (Lipinski definition) is 1. The highest BCUT2D eigenvalue weighted by molar-refractivity contribution is 5.68. The number of carbonyl (C=O) groups is 1. The molecule has 0 bridgehead atoms. The Kier molecular flexibility index (Phi) is 4.37. The summed E-state index contributed by atoms with van der Waals surface area (Å²) in [5.41, 5.74) is -0.343. The molecule has 0 aliphatic carbocycles. The van der Waals surface area contributed by atoms with Crippen LogP contribution in [0.15, 0.2) is 18.2 Å². The summed E-state index contributed by atoms with van der Waals surface area (Å²) in [6, 6.07) is 4.36. The van der Waals surface area contributed by atoms with Crippen LogP contribution in [0.2, 0.25) is 0 Å². The summed E-state index contributed by atoms with van der Waals surface area (Å²) in [6.45, 7) is 6.24. The third-order valence-electron chi connectivity index (χ3n) is 3.07. The van der Waals surface area contributed by atoms with Crippen molar-refractivity contribution in [1.29, 1.82) is 0 Å². The fourth-order valence-corrected chi connectivity index (χ4v) is 2.12. The number of morpholine rings is 1. The second-order valence-corrected chi connectivity index (χ2v) is 5.97. The van der Waals surface area contributed by atoms with E-state index >= 15 is 0 Å². The van der Waals surface area contributed by atoms with E-state index < -0.39 is 29.4 Å². The number of rotatable bonds is 1. The van der Waals surface area contributed by atoms with E-state index in [0.717, 1.165) is 0 Å². The van der Waals surface area contributed by atoms with Gasteiger partial charge in [-0.2, -0.15) is 0 Å². The minimum atomic E-state index is -0.714. The predicted octanol–water partition coefficient (Wildman–Crippen LogP) is 2.84. The molecule has 1 heterocycles. The van der Waals surface area contributed by atoms with Crippen LogP contribution < -0.4 is 0 Å². The summed E-state index contributed by atoms with van der Waals surface area (Å²) in [5, 5.41) is 9.42. The Balaban J connectivity index is 2.10. The van der Waals surface area contributed by atoms with Crippen molar-refractivity contribution < 1.29 is 23.8 Å². The molecule has 1 fully saturated rings. The first-order valence-corrected chi connectivity index (χ1v) is 6.85. The number of phenols is 1. The van der Waals surface area contributed by atoms with E-state index in [1.54, 1.807) is 26.8 Å². The zero-order valence-corrected chi connectivity index (χ0v) is 12.4. The van der Waals surface area contributed by atoms with Crippen LogP contribution in [0.3, 0.4) is 0 Å². The van der Waals surface area contributed by atoms with Gasteiger partial charge in [0.2, 0.25) is 0 Å². The first-order valence-electron chi connectivity index (χ1n) is 6.85. The van der Waals surface area contributed by atoms with Crippen LogP contribution in [-0.4, -0.2) is 41.4 Å². The summed E-state index contributed by atoms with van der Waals surface area (Å²) in [7, 11) is 0. The molecule has 6 heteroatoms. The predicted molar refractivity (Wildman–Crippen MR) is 74.6 cm³/mol. The number of benzene rings is 1. The Morgan fingerprint density at radius 1 is 1.48 bits per heavy atom. The van der Waals surface area contributed by atoms with Gasteiger partial charge in [0, 0.05) is 12.1 Å². The maximum atomic E-state index is 13.9. The van der Waals surface area contributed by atoms with Crippen molar-refractivity contribution in [3.05, 3.63) is 29.6 Å². The van der Waals surface area contributed by atoms with Crippen molar-refractivity contribution in [3.63, 3.8) is 0 Å². The highest BCUT2D eigenvalue weighted by Crippen LogP contribution is 2.29. The Bertz CT molecular complexity index is 527. The molecule has 1 saturated heterocycles. The summed E-state index contributed by atoms with van der Waals surface area (Å²) in [5.74, 6) is -1.14. The summed E-state index contributed by atoms with van der Waals surface area (Å²) < 4.78 is 24.7. The zero-order chi connectivity index (χ0) is 15.6. The van der Waals surface area contributed by atoms with E-state index in [1.165, 1.54) is 17.0 Å². The van der Waals surface area contributed by atoms with Crippen LogP contribution >= 0.6 is 0 Å². The lowest BCUT2D eigenvalue weighted by atomic mass is 10.1. The number of aromatic hydroxyl groups is 1. The molecule has 1 N–H and O–H groups in total. The second-order valence-electron chi connectivity index (χ2n) is 5.97. The smallest absolute Gasteiger partial charge is 0.410 e. The lowest BCUT2D eigenvalue weighted by Gasteiger charge is -2.34. The second kappa shape index (κ2) is 5.89. The normalized spacial score (nSPS) is 19.4. The van der Waals surface area contributed by atoms with Gasteiger partial charge in [-0.25, -0.2) is 9.18 Å². The molecule has 1 aromatic carbocycles. The van der Waals surface area contributed by atoms with Gasteiger partial charge in [0.15, 0.2) is 11.6 Å². The maximum Gasteiger partial charge on any atom is 0.410 e. The summed E-state index contributed by atoms with van der Waals surface area (Å²) >= 11 is 0. The Labute approximate surface area is 123 Å². The van der Waals surface area contributed by atoms with E-state index in [0.29, 0.717) is 13.2 Å². The molecule has 0 aromatic heterocycles. The van der Waals surface area contributed by atoms with Crippen LogP contribution in [0.1, 0.15) is 32.4 Å². The molecule has 5 nitrogen and oxygen atoms in total. The van der Waals surface area contributed by atoms with Gasteiger partial charge in [-0.15, -0.1) is 0 Å². The number of amides is 1. The molecular weight excluding hydrogens is 277 g/mol. The number of nitrogens with zero attached hydrogens (tertiary/aromatic N) is 1. The van der Waals surface area contributed by atoms with Crippen molar-refractivity contribution in [2.24, 2.45) is 0 Å². The van der Waals surface area contributed by atoms with Crippen molar-refractivity contribution in [1.82, 2.24) is 4.90 Å². The fourth-order valence-electron chi connectivity index (χ4n) is 2.12. The van der Waals surface area contributed by atoms with Crippen LogP contribution in [0.5, 0.6) is 5.75 Å². The van der Waals surface area contributed by atoms with Crippen LogP contribution in [0, 0.1) is 5.82 Å². The van der Waals surface area contributed by atoms with Gasteiger partial charge in [-0.05, 0) is 26.8 Å². The van der Waals surface area contributed by atoms with E-state index in [9.17, 15) is 14.3 Å². The third-order valence-corrected chi connectivity index (χ3v) is 3.07. The van der Waals surface area contributed by atoms with E-state index in [2.05, 4.69) is 0 Å². The summed E-state index contributed by atoms with van der Waals surface area (Å²) in [4.78, 5) is 13.5. The molecule has 21 heavy (non-hydrogen) atoms. The molecule has 1 atom stereocenters. The van der Waals surface area contributed by atoms with Gasteiger partial charge in [-0.3, -0.25) is 0 Å². The molecule has 1 aliphatic rings. The van der Waals surface area contributed by atoms with Gasteiger partial charge in [0.05, 0.1) is 13.2 Å². The molecule has 1 aliphatic heterocycles. The third kappa shape index (κ3) is 3.85. The maximum absolute atomic E-state index is 13.9. The SMILES string of the molecule is CC(C)(C)OC(=O)N1CCO[C@H](c2cccc(O)c2F)C1. The lowest BCUT2D eigenvalue weighted by Crippen LogP contribution is -2.44. The molecule has 0 unspecified atom stereocenters. The minimum Gasteiger partial charge on any atom is -0.505 e. The highest BCUT2D eigenvalue weighted by Gasteiger charge is 2.30. The van der Waals surface area contributed by atoms with Gasteiger partial charge < -0.3 is 19.5 Å². The quantitative estimate of drug-likeness (QED) is 0.866. The summed E-state index contributed by atoms with van der Waals surface area (Å²) in [6.07, 6.45) is -1.06. The zero-order valence-electron chi connectivity index (χ0n) is 12.4. The average Bonchev–Trinajstić information content (AvgIpc) is 2.40. The van der Waals surface area contributed by atoms with Crippen LogP contribution in [-0.2, 0) is 9.47 Å². The number of phenolic OH excluding ortho intramolecular Hbond substituents is 1. The van der Waals surface area contributed by atoms with Crippen LogP contribution in [0.25, 0.3) is 0 Å². The standard InChI is InChI=1S/C15H20FNO4/c1-15(2,3)21-14(19)17-7-8-20-12(9-17)10-5-4-6-11(18)13(10)16/h4-6,12,18H,7-9H2,1-3H3/t12-/m0/s1. The van der Waals surface area contributed by atoms with Crippen LogP contribution in [0.4, 0.5) is 9.18 Å². The van der Waals surface area contributed by atoms with Crippen molar-refractivity contribution in [3.8, 4) is 5.75 Å².